The van der Waals surface area contributed by atoms with Crippen molar-refractivity contribution in [3.05, 3.63) is 39.2 Å². The van der Waals surface area contributed by atoms with Gasteiger partial charge in [0.25, 0.3) is 0 Å². The quantitative estimate of drug-likeness (QED) is 0.467. The second-order valence-electron chi connectivity index (χ2n) is 5.24. The van der Waals surface area contributed by atoms with Gasteiger partial charge < -0.3 is 19.6 Å². The first-order chi connectivity index (χ1) is 10.5. The SMILES string of the molecule is CC1(COc2ccc(Br)nc2)CCn2cc([N+](=O)[O-])nc2O1. The average Bonchev–Trinajstić information content (AvgIpc) is 2.90. The number of imidazole rings is 1. The molecule has 9 heteroatoms. The van der Waals surface area contributed by atoms with E-state index in [-0.39, 0.29) is 11.8 Å². The topological polar surface area (TPSA) is 92.3 Å². The first-order valence-electron chi connectivity index (χ1n) is 6.60. The molecule has 0 radical (unpaired) electrons. The maximum Gasteiger partial charge on any atom is 0.414 e. The largest absolute Gasteiger partial charge is 0.488 e. The average molecular weight is 369 g/mol. The smallest absolute Gasteiger partial charge is 0.414 e. The number of ether oxygens (including phenoxy) is 2. The van der Waals surface area contributed by atoms with Crippen molar-refractivity contribution < 1.29 is 14.4 Å². The van der Waals surface area contributed by atoms with Crippen LogP contribution < -0.4 is 9.47 Å². The molecule has 0 saturated heterocycles. The summed E-state index contributed by atoms with van der Waals surface area (Å²) in [7, 11) is 0. The predicted molar refractivity (Wildman–Crippen MR) is 80.0 cm³/mol. The Labute approximate surface area is 134 Å². The summed E-state index contributed by atoms with van der Waals surface area (Å²) in [5, 5.41) is 10.8. The molecule has 8 nitrogen and oxygen atoms in total. The molecule has 2 aromatic heterocycles. The van der Waals surface area contributed by atoms with Crippen LogP contribution in [0.25, 0.3) is 0 Å². The number of halogens is 1. The molecule has 0 spiro atoms. The van der Waals surface area contributed by atoms with Gasteiger partial charge >= 0.3 is 11.8 Å². The molecule has 116 valence electrons. The van der Waals surface area contributed by atoms with Crippen LogP contribution in [0.2, 0.25) is 0 Å². The van der Waals surface area contributed by atoms with E-state index in [1.165, 1.54) is 6.20 Å². The fourth-order valence-electron chi connectivity index (χ4n) is 2.13. The highest BCUT2D eigenvalue weighted by Crippen LogP contribution is 2.30. The van der Waals surface area contributed by atoms with Gasteiger partial charge in [-0.15, -0.1) is 0 Å². The van der Waals surface area contributed by atoms with Gasteiger partial charge in [0.15, 0.2) is 0 Å². The number of pyridine rings is 1. The van der Waals surface area contributed by atoms with Crippen LogP contribution in [0.4, 0.5) is 5.82 Å². The van der Waals surface area contributed by atoms with Crippen molar-refractivity contribution in [2.75, 3.05) is 6.61 Å². The third-order valence-corrected chi connectivity index (χ3v) is 3.85. The summed E-state index contributed by atoms with van der Waals surface area (Å²) in [5.74, 6) is 0.421. The van der Waals surface area contributed by atoms with Crippen LogP contribution in [-0.2, 0) is 6.54 Å². The second kappa shape index (κ2) is 5.56. The number of nitrogens with zero attached hydrogens (tertiary/aromatic N) is 4. The van der Waals surface area contributed by atoms with Crippen LogP contribution in [0.1, 0.15) is 13.3 Å². The monoisotopic (exact) mass is 368 g/mol. The third kappa shape index (κ3) is 3.03. The second-order valence-corrected chi connectivity index (χ2v) is 6.05. The minimum Gasteiger partial charge on any atom is -0.488 e. The molecule has 3 rings (SSSR count). The first kappa shape index (κ1) is 14.8. The van der Waals surface area contributed by atoms with E-state index in [0.717, 1.165) is 4.60 Å². The molecule has 1 aliphatic rings. The van der Waals surface area contributed by atoms with Gasteiger partial charge in [-0.05, 0) is 39.9 Å². The van der Waals surface area contributed by atoms with Crippen molar-refractivity contribution in [3.8, 4) is 11.8 Å². The lowest BCUT2D eigenvalue weighted by Crippen LogP contribution is -2.43. The van der Waals surface area contributed by atoms with Crippen LogP contribution in [0, 0.1) is 10.1 Å². The summed E-state index contributed by atoms with van der Waals surface area (Å²) >= 11 is 3.26. The lowest BCUT2D eigenvalue weighted by atomic mass is 10.0. The van der Waals surface area contributed by atoms with Crippen LogP contribution in [0.3, 0.4) is 0 Å². The van der Waals surface area contributed by atoms with Gasteiger partial charge in [-0.3, -0.25) is 4.57 Å². The summed E-state index contributed by atoms with van der Waals surface area (Å²) in [6.07, 6.45) is 3.66. The number of nitro groups is 1. The Bertz CT molecular complexity index is 703. The zero-order valence-corrected chi connectivity index (χ0v) is 13.3. The Morgan fingerprint density at radius 1 is 1.59 bits per heavy atom. The van der Waals surface area contributed by atoms with Crippen molar-refractivity contribution >= 4 is 21.7 Å². The highest BCUT2D eigenvalue weighted by molar-refractivity contribution is 9.10. The molecule has 22 heavy (non-hydrogen) atoms. The van der Waals surface area contributed by atoms with Gasteiger partial charge in [0.1, 0.15) is 28.8 Å². The number of rotatable bonds is 4. The molecule has 0 aliphatic carbocycles. The fraction of sp³-hybridized carbons (Fsp3) is 0.385. The fourth-order valence-corrected chi connectivity index (χ4v) is 2.36. The maximum absolute atomic E-state index is 10.8. The van der Waals surface area contributed by atoms with Crippen LogP contribution >= 0.6 is 15.9 Å². The minimum atomic E-state index is -0.595. The van der Waals surface area contributed by atoms with Crippen LogP contribution in [-0.4, -0.2) is 31.7 Å². The molecule has 0 saturated carbocycles. The molecule has 0 amide bonds. The standard InChI is InChI=1S/C13H13BrN4O4/c1-13(8-21-9-2-3-10(14)15-6-9)4-5-17-7-11(18(19)20)16-12(17)22-13/h2-3,6-7H,4-5,8H2,1H3. The Hall–Kier alpha value is -2.16. The van der Waals surface area contributed by atoms with Crippen molar-refractivity contribution in [3.63, 3.8) is 0 Å². The first-order valence-corrected chi connectivity index (χ1v) is 7.39. The third-order valence-electron chi connectivity index (χ3n) is 3.38. The molecule has 1 aliphatic heterocycles. The van der Waals surface area contributed by atoms with E-state index in [0.29, 0.717) is 25.3 Å². The van der Waals surface area contributed by atoms with Gasteiger partial charge in [0.2, 0.25) is 0 Å². The number of aromatic nitrogens is 3. The van der Waals surface area contributed by atoms with Gasteiger partial charge in [-0.2, -0.15) is 0 Å². The van der Waals surface area contributed by atoms with E-state index < -0.39 is 10.5 Å². The summed E-state index contributed by atoms with van der Waals surface area (Å²) in [6.45, 7) is 2.79. The molecule has 1 unspecified atom stereocenters. The van der Waals surface area contributed by atoms with E-state index in [2.05, 4.69) is 25.9 Å². The Kier molecular flexibility index (Phi) is 3.73. The molecule has 2 aromatic rings. The Morgan fingerprint density at radius 2 is 2.41 bits per heavy atom. The van der Waals surface area contributed by atoms with Gasteiger partial charge in [-0.1, -0.05) is 0 Å². The molecule has 0 N–H and O–H groups in total. The molecule has 1 atom stereocenters. The summed E-state index contributed by atoms with van der Waals surface area (Å²) in [5.41, 5.74) is -0.595. The van der Waals surface area contributed by atoms with Crippen molar-refractivity contribution in [2.24, 2.45) is 0 Å². The molecular formula is C13H13BrN4O4. The normalized spacial score (nSPS) is 20.1. The molecule has 3 heterocycles. The predicted octanol–water partition coefficient (Wildman–Crippen LogP) is 2.57. The highest BCUT2D eigenvalue weighted by atomic mass is 79.9. The minimum absolute atomic E-state index is 0.211. The lowest BCUT2D eigenvalue weighted by molar-refractivity contribution is -0.389. The van der Waals surface area contributed by atoms with Crippen LogP contribution in [0.5, 0.6) is 11.8 Å². The van der Waals surface area contributed by atoms with Crippen molar-refractivity contribution in [1.82, 2.24) is 14.5 Å². The Morgan fingerprint density at radius 3 is 3.09 bits per heavy atom. The highest BCUT2D eigenvalue weighted by Gasteiger charge is 2.37. The number of hydrogen-bond acceptors (Lipinski definition) is 6. The summed E-state index contributed by atoms with van der Waals surface area (Å²) in [6, 6.07) is 3.84. The van der Waals surface area contributed by atoms with Crippen molar-refractivity contribution in [1.29, 1.82) is 0 Å². The summed E-state index contributed by atoms with van der Waals surface area (Å²) in [4.78, 5) is 18.2. The van der Waals surface area contributed by atoms with E-state index >= 15 is 0 Å². The van der Waals surface area contributed by atoms with E-state index in [1.54, 1.807) is 22.9 Å². The molecular weight excluding hydrogens is 356 g/mol. The zero-order valence-electron chi connectivity index (χ0n) is 11.7. The Balaban J connectivity index is 1.69. The summed E-state index contributed by atoms with van der Waals surface area (Å²) < 4.78 is 13.9. The van der Waals surface area contributed by atoms with Gasteiger partial charge in [0, 0.05) is 17.9 Å². The van der Waals surface area contributed by atoms with E-state index in [1.807, 2.05) is 6.92 Å². The maximum atomic E-state index is 10.8. The zero-order chi connectivity index (χ0) is 15.7. The lowest BCUT2D eigenvalue weighted by Gasteiger charge is -2.32. The van der Waals surface area contributed by atoms with Gasteiger partial charge in [0.05, 0.1) is 6.20 Å². The number of fused-ring (bicyclic) bond motifs is 1. The number of aryl methyl sites for hydroxylation is 1. The molecule has 0 bridgehead atoms. The van der Waals surface area contributed by atoms with Crippen molar-refractivity contribution in [2.45, 2.75) is 25.5 Å². The van der Waals surface area contributed by atoms with E-state index in [9.17, 15) is 10.1 Å². The number of hydrogen-bond donors (Lipinski definition) is 0. The molecule has 0 fully saturated rings. The van der Waals surface area contributed by atoms with Gasteiger partial charge in [-0.25, -0.2) is 4.98 Å². The van der Waals surface area contributed by atoms with E-state index in [4.69, 9.17) is 9.47 Å². The van der Waals surface area contributed by atoms with Crippen LogP contribution in [0.15, 0.2) is 29.1 Å². The molecule has 0 aromatic carbocycles.